The average Bonchev–Trinajstić information content (AvgIpc) is 2.72. The third-order valence-electron chi connectivity index (χ3n) is 4.49. The maximum atomic E-state index is 12.4. The summed E-state index contributed by atoms with van der Waals surface area (Å²) in [6.45, 7) is 2.21. The lowest BCUT2D eigenvalue weighted by Crippen LogP contribution is -2.23. The van der Waals surface area contributed by atoms with Crippen molar-refractivity contribution in [2.24, 2.45) is 0 Å². The van der Waals surface area contributed by atoms with Crippen LogP contribution in [0.3, 0.4) is 0 Å². The highest BCUT2D eigenvalue weighted by Crippen LogP contribution is 2.14. The summed E-state index contributed by atoms with van der Waals surface area (Å²) >= 11 is 0. The average molecular weight is 409 g/mol. The van der Waals surface area contributed by atoms with Crippen molar-refractivity contribution in [2.75, 3.05) is 5.32 Å². The van der Waals surface area contributed by atoms with Gasteiger partial charge in [0, 0.05) is 18.7 Å². The van der Waals surface area contributed by atoms with E-state index in [1.54, 1.807) is 24.3 Å². The first-order valence-electron chi connectivity index (χ1n) is 9.41. The van der Waals surface area contributed by atoms with Gasteiger partial charge in [-0.25, -0.2) is 13.1 Å². The highest BCUT2D eigenvalue weighted by atomic mass is 32.2. The molecule has 3 aromatic carbocycles. The van der Waals surface area contributed by atoms with Gasteiger partial charge in [-0.3, -0.25) is 4.79 Å². The first kappa shape index (κ1) is 20.8. The number of hydrogen-bond donors (Lipinski definition) is 2. The van der Waals surface area contributed by atoms with Gasteiger partial charge in [-0.2, -0.15) is 0 Å². The van der Waals surface area contributed by atoms with Gasteiger partial charge >= 0.3 is 0 Å². The number of benzene rings is 3. The van der Waals surface area contributed by atoms with Crippen molar-refractivity contribution in [3.05, 3.63) is 95.6 Å². The van der Waals surface area contributed by atoms with Crippen molar-refractivity contribution in [2.45, 2.75) is 31.2 Å². The Bertz CT molecular complexity index is 1060. The van der Waals surface area contributed by atoms with E-state index >= 15 is 0 Å². The molecule has 0 radical (unpaired) electrons. The summed E-state index contributed by atoms with van der Waals surface area (Å²) < 4.78 is 27.5. The number of sulfonamides is 1. The van der Waals surface area contributed by atoms with Crippen LogP contribution in [0.4, 0.5) is 5.69 Å². The SMILES string of the molecule is Cc1cccc(NC(=O)CCc2ccc(S(=O)(=O)NCc3ccccc3)cc2)c1. The van der Waals surface area contributed by atoms with E-state index in [0.29, 0.717) is 12.8 Å². The van der Waals surface area contributed by atoms with Crippen LogP contribution in [0, 0.1) is 6.92 Å². The molecule has 0 spiro atoms. The minimum atomic E-state index is -3.58. The van der Waals surface area contributed by atoms with Crippen molar-refractivity contribution in [1.82, 2.24) is 4.72 Å². The summed E-state index contributed by atoms with van der Waals surface area (Å²) in [5.74, 6) is -0.0724. The van der Waals surface area contributed by atoms with E-state index in [-0.39, 0.29) is 17.3 Å². The summed E-state index contributed by atoms with van der Waals surface area (Å²) in [5, 5.41) is 2.88. The van der Waals surface area contributed by atoms with E-state index in [2.05, 4.69) is 10.0 Å². The zero-order chi connectivity index (χ0) is 20.7. The van der Waals surface area contributed by atoms with Crippen molar-refractivity contribution in [1.29, 1.82) is 0 Å². The molecular weight excluding hydrogens is 384 g/mol. The van der Waals surface area contributed by atoms with Gasteiger partial charge in [-0.05, 0) is 54.3 Å². The van der Waals surface area contributed by atoms with Gasteiger partial charge in [0.05, 0.1) is 4.90 Å². The van der Waals surface area contributed by atoms with Crippen LogP contribution in [0.25, 0.3) is 0 Å². The van der Waals surface area contributed by atoms with Crippen LogP contribution in [0.15, 0.2) is 83.8 Å². The van der Waals surface area contributed by atoms with Crippen LogP contribution in [-0.2, 0) is 27.8 Å². The summed E-state index contributed by atoms with van der Waals surface area (Å²) in [5.41, 5.74) is 3.67. The van der Waals surface area contributed by atoms with Crippen LogP contribution in [0.2, 0.25) is 0 Å². The molecular formula is C23H24N2O3S. The highest BCUT2D eigenvalue weighted by Gasteiger charge is 2.13. The fourth-order valence-corrected chi connectivity index (χ4v) is 3.91. The van der Waals surface area contributed by atoms with E-state index in [9.17, 15) is 13.2 Å². The normalized spacial score (nSPS) is 11.2. The number of aryl methyl sites for hydroxylation is 2. The van der Waals surface area contributed by atoms with E-state index in [0.717, 1.165) is 22.4 Å². The topological polar surface area (TPSA) is 75.3 Å². The van der Waals surface area contributed by atoms with Crippen LogP contribution in [-0.4, -0.2) is 14.3 Å². The minimum absolute atomic E-state index is 0.0724. The van der Waals surface area contributed by atoms with Gasteiger partial charge in [-0.1, -0.05) is 54.6 Å². The van der Waals surface area contributed by atoms with Crippen LogP contribution < -0.4 is 10.0 Å². The third kappa shape index (κ3) is 6.27. The molecule has 0 heterocycles. The van der Waals surface area contributed by atoms with Gasteiger partial charge in [0.25, 0.3) is 0 Å². The number of rotatable bonds is 8. The Labute approximate surface area is 171 Å². The molecule has 0 aliphatic heterocycles. The second-order valence-corrected chi connectivity index (χ2v) is 8.64. The molecule has 6 heteroatoms. The van der Waals surface area contributed by atoms with Crippen molar-refractivity contribution in [3.63, 3.8) is 0 Å². The molecule has 1 amide bonds. The summed E-state index contributed by atoms with van der Waals surface area (Å²) in [6.07, 6.45) is 0.863. The van der Waals surface area contributed by atoms with Crippen LogP contribution >= 0.6 is 0 Å². The number of hydrogen-bond acceptors (Lipinski definition) is 3. The molecule has 0 bridgehead atoms. The molecule has 0 aromatic heterocycles. The second kappa shape index (κ2) is 9.49. The van der Waals surface area contributed by atoms with Crippen molar-refractivity contribution >= 4 is 21.6 Å². The first-order valence-corrected chi connectivity index (χ1v) is 10.9. The summed E-state index contributed by atoms with van der Waals surface area (Å²) in [7, 11) is -3.58. The van der Waals surface area contributed by atoms with Crippen molar-refractivity contribution in [3.8, 4) is 0 Å². The second-order valence-electron chi connectivity index (χ2n) is 6.87. The standard InChI is InChI=1S/C23H24N2O3S/c1-18-6-5-9-21(16-18)25-23(26)15-12-19-10-13-22(14-11-19)29(27,28)24-17-20-7-3-2-4-8-20/h2-11,13-14,16,24H,12,15,17H2,1H3,(H,25,26). The molecule has 0 aliphatic rings. The van der Waals surface area contributed by atoms with Gasteiger partial charge in [0.1, 0.15) is 0 Å². The highest BCUT2D eigenvalue weighted by molar-refractivity contribution is 7.89. The monoisotopic (exact) mass is 408 g/mol. The smallest absolute Gasteiger partial charge is 0.240 e. The van der Waals surface area contributed by atoms with E-state index < -0.39 is 10.0 Å². The quantitative estimate of drug-likeness (QED) is 0.591. The van der Waals surface area contributed by atoms with Crippen molar-refractivity contribution < 1.29 is 13.2 Å². The molecule has 29 heavy (non-hydrogen) atoms. The number of carbonyl (C=O) groups excluding carboxylic acids is 1. The zero-order valence-corrected chi connectivity index (χ0v) is 17.1. The van der Waals surface area contributed by atoms with Gasteiger partial charge in [0.2, 0.25) is 15.9 Å². The van der Waals surface area contributed by atoms with Gasteiger partial charge in [-0.15, -0.1) is 0 Å². The fourth-order valence-electron chi connectivity index (χ4n) is 2.90. The first-order chi connectivity index (χ1) is 13.9. The molecule has 0 unspecified atom stereocenters. The lowest BCUT2D eigenvalue weighted by atomic mass is 10.1. The van der Waals surface area contributed by atoms with Crippen LogP contribution in [0.5, 0.6) is 0 Å². The lowest BCUT2D eigenvalue weighted by molar-refractivity contribution is -0.116. The molecule has 150 valence electrons. The van der Waals surface area contributed by atoms with Gasteiger partial charge in [0.15, 0.2) is 0 Å². The number of nitrogens with one attached hydrogen (secondary N) is 2. The van der Waals surface area contributed by atoms with E-state index in [1.807, 2.05) is 61.5 Å². The van der Waals surface area contributed by atoms with E-state index in [1.165, 1.54) is 0 Å². The lowest BCUT2D eigenvalue weighted by Gasteiger charge is -2.09. The minimum Gasteiger partial charge on any atom is -0.326 e. The molecule has 5 nitrogen and oxygen atoms in total. The largest absolute Gasteiger partial charge is 0.326 e. The molecule has 2 N–H and O–H groups in total. The Morgan fingerprint density at radius 2 is 1.59 bits per heavy atom. The molecule has 0 aliphatic carbocycles. The molecule has 3 aromatic rings. The summed E-state index contributed by atoms with van der Waals surface area (Å²) in [4.78, 5) is 12.3. The Balaban J connectivity index is 1.53. The predicted molar refractivity (Wildman–Crippen MR) is 115 cm³/mol. The Kier molecular flexibility index (Phi) is 6.80. The zero-order valence-electron chi connectivity index (χ0n) is 16.3. The maximum Gasteiger partial charge on any atom is 0.240 e. The Morgan fingerprint density at radius 1 is 0.862 bits per heavy atom. The molecule has 0 saturated heterocycles. The molecule has 0 saturated carbocycles. The predicted octanol–water partition coefficient (Wildman–Crippen LogP) is 4.04. The Hall–Kier alpha value is -2.96. The van der Waals surface area contributed by atoms with Crippen LogP contribution in [0.1, 0.15) is 23.1 Å². The van der Waals surface area contributed by atoms with E-state index in [4.69, 9.17) is 0 Å². The molecule has 3 rings (SSSR count). The fraction of sp³-hybridized carbons (Fsp3) is 0.174. The number of carbonyl (C=O) groups is 1. The Morgan fingerprint density at radius 3 is 2.28 bits per heavy atom. The molecule has 0 atom stereocenters. The number of amides is 1. The maximum absolute atomic E-state index is 12.4. The van der Waals surface area contributed by atoms with Gasteiger partial charge < -0.3 is 5.32 Å². The third-order valence-corrected chi connectivity index (χ3v) is 5.90. The summed E-state index contributed by atoms with van der Waals surface area (Å²) in [6, 6.07) is 23.6. The number of anilines is 1. The molecule has 0 fully saturated rings.